The molecule has 172 valence electrons. The number of ether oxygens (including phenoxy) is 2. The Morgan fingerprint density at radius 2 is 2.09 bits per heavy atom. The normalized spacial score (nSPS) is 16.9. The molecule has 0 aromatic heterocycles. The van der Waals surface area contributed by atoms with E-state index >= 15 is 0 Å². The molecule has 0 aliphatic carbocycles. The summed E-state index contributed by atoms with van der Waals surface area (Å²) in [7, 11) is 1.34. The summed E-state index contributed by atoms with van der Waals surface area (Å²) in [5.74, 6) is 0.0902. The van der Waals surface area contributed by atoms with Crippen LogP contribution in [0.4, 0.5) is 21.0 Å². The van der Waals surface area contributed by atoms with Crippen LogP contribution in [0.1, 0.15) is 38.2 Å². The molecule has 1 N–H and O–H groups in total. The summed E-state index contributed by atoms with van der Waals surface area (Å²) in [5, 5.41) is 12.0. The fourth-order valence-corrected chi connectivity index (χ4v) is 3.68. The Morgan fingerprint density at radius 1 is 1.34 bits per heavy atom. The number of anilines is 2. The zero-order valence-electron chi connectivity index (χ0n) is 19.0. The fraction of sp³-hybridized carbons (Fsp3) is 0.458. The highest BCUT2D eigenvalue weighted by Crippen LogP contribution is 2.39. The van der Waals surface area contributed by atoms with Crippen LogP contribution in [0.5, 0.6) is 0 Å². The Bertz CT molecular complexity index is 879. The molecule has 0 radical (unpaired) electrons. The van der Waals surface area contributed by atoms with Gasteiger partial charge in [-0.1, -0.05) is 24.8 Å². The van der Waals surface area contributed by atoms with Gasteiger partial charge in [-0.2, -0.15) is 5.26 Å². The van der Waals surface area contributed by atoms with E-state index in [1.165, 1.54) is 7.11 Å². The number of rotatable bonds is 9. The summed E-state index contributed by atoms with van der Waals surface area (Å²) in [6, 6.07) is 7.51. The van der Waals surface area contributed by atoms with Gasteiger partial charge in [-0.3, -0.25) is 9.80 Å². The maximum Gasteiger partial charge on any atom is 0.415 e. The zero-order chi connectivity index (χ0) is 23.7. The van der Waals surface area contributed by atoms with Crippen molar-refractivity contribution in [1.82, 2.24) is 5.32 Å². The molecule has 0 spiro atoms. The lowest BCUT2D eigenvalue weighted by molar-refractivity contribution is 0.133. The first kappa shape index (κ1) is 25.0. The minimum absolute atomic E-state index is 0.0902. The number of carbonyl (C=O) groups is 2. The Hall–Kier alpha value is -3.31. The van der Waals surface area contributed by atoms with Crippen molar-refractivity contribution in [3.63, 3.8) is 0 Å². The molecule has 1 aliphatic rings. The van der Waals surface area contributed by atoms with Crippen molar-refractivity contribution >= 4 is 23.6 Å². The molecule has 0 saturated heterocycles. The van der Waals surface area contributed by atoms with Gasteiger partial charge in [-0.05, 0) is 43.9 Å². The second-order valence-corrected chi connectivity index (χ2v) is 7.71. The van der Waals surface area contributed by atoms with E-state index in [9.17, 15) is 9.59 Å². The van der Waals surface area contributed by atoms with Crippen molar-refractivity contribution in [2.45, 2.75) is 44.8 Å². The molecule has 2 rings (SSSR count). The van der Waals surface area contributed by atoms with Crippen LogP contribution in [0.15, 0.2) is 43.5 Å². The molecule has 3 atom stereocenters. The average Bonchev–Trinajstić information content (AvgIpc) is 2.79. The second-order valence-electron chi connectivity index (χ2n) is 7.71. The Morgan fingerprint density at radius 3 is 2.72 bits per heavy atom. The molecule has 1 aliphatic heterocycles. The van der Waals surface area contributed by atoms with Crippen LogP contribution in [0.3, 0.4) is 0 Å². The van der Waals surface area contributed by atoms with E-state index in [0.717, 1.165) is 5.56 Å². The average molecular weight is 441 g/mol. The third-order valence-electron chi connectivity index (χ3n) is 5.37. The van der Waals surface area contributed by atoms with Crippen LogP contribution in [0.25, 0.3) is 0 Å². The van der Waals surface area contributed by atoms with Crippen LogP contribution in [-0.4, -0.2) is 51.1 Å². The van der Waals surface area contributed by atoms with Gasteiger partial charge in [0.15, 0.2) is 0 Å². The molecular formula is C24H32N4O4. The first-order valence-electron chi connectivity index (χ1n) is 10.7. The zero-order valence-corrected chi connectivity index (χ0v) is 19.0. The maximum atomic E-state index is 12.9. The number of hydrogen-bond acceptors (Lipinski definition) is 6. The van der Waals surface area contributed by atoms with Gasteiger partial charge < -0.3 is 14.8 Å². The molecule has 8 nitrogen and oxygen atoms in total. The number of nitrogens with zero attached hydrogens (tertiary/aromatic N) is 3. The van der Waals surface area contributed by atoms with E-state index in [1.807, 2.05) is 31.2 Å². The smallest absolute Gasteiger partial charge is 0.415 e. The van der Waals surface area contributed by atoms with Gasteiger partial charge in [0.25, 0.3) is 0 Å². The molecule has 1 heterocycles. The first-order valence-corrected chi connectivity index (χ1v) is 10.7. The van der Waals surface area contributed by atoms with Crippen LogP contribution >= 0.6 is 0 Å². The Labute approximate surface area is 190 Å². The number of fused-ring (bicyclic) bond motifs is 1. The number of benzene rings is 1. The van der Waals surface area contributed by atoms with Gasteiger partial charge in [0, 0.05) is 19.5 Å². The van der Waals surface area contributed by atoms with E-state index < -0.39 is 18.3 Å². The van der Waals surface area contributed by atoms with E-state index in [0.29, 0.717) is 37.3 Å². The fourth-order valence-electron chi connectivity index (χ4n) is 3.68. The van der Waals surface area contributed by atoms with Gasteiger partial charge in [0.1, 0.15) is 6.10 Å². The first-order chi connectivity index (χ1) is 15.4. The van der Waals surface area contributed by atoms with Crippen LogP contribution in [0, 0.1) is 11.3 Å². The summed E-state index contributed by atoms with van der Waals surface area (Å²) in [6.07, 6.45) is 3.11. The summed E-state index contributed by atoms with van der Waals surface area (Å²) in [5.41, 5.74) is 2.15. The molecule has 0 bridgehead atoms. The molecule has 1 aromatic carbocycles. The third-order valence-corrected chi connectivity index (χ3v) is 5.37. The number of methoxy groups -OCH3 is 1. The molecule has 8 heteroatoms. The highest BCUT2D eigenvalue weighted by Gasteiger charge is 2.37. The minimum atomic E-state index is -0.500. The summed E-state index contributed by atoms with van der Waals surface area (Å²) >= 11 is 0. The van der Waals surface area contributed by atoms with E-state index in [-0.39, 0.29) is 18.5 Å². The van der Waals surface area contributed by atoms with E-state index in [2.05, 4.69) is 24.5 Å². The van der Waals surface area contributed by atoms with E-state index in [4.69, 9.17) is 14.7 Å². The van der Waals surface area contributed by atoms with Crippen LogP contribution < -0.4 is 15.1 Å². The van der Waals surface area contributed by atoms with Crippen molar-refractivity contribution in [3.8, 4) is 6.07 Å². The van der Waals surface area contributed by atoms with Crippen molar-refractivity contribution < 1.29 is 19.1 Å². The Balaban J connectivity index is 2.45. The number of nitriles is 1. The quantitative estimate of drug-likeness (QED) is 0.453. The van der Waals surface area contributed by atoms with Crippen molar-refractivity contribution in [2.75, 3.05) is 36.5 Å². The van der Waals surface area contributed by atoms with Crippen LogP contribution in [-0.2, 0) is 9.47 Å². The number of allylic oxidation sites excluding steroid dienone is 1. The van der Waals surface area contributed by atoms with Gasteiger partial charge in [0.05, 0.1) is 37.1 Å². The predicted molar refractivity (Wildman–Crippen MR) is 125 cm³/mol. The highest BCUT2D eigenvalue weighted by molar-refractivity contribution is 6.01. The lowest BCUT2D eigenvalue weighted by Crippen LogP contribution is -2.52. The number of amides is 2. The maximum absolute atomic E-state index is 12.9. The molecule has 0 fully saturated rings. The topological polar surface area (TPSA) is 94.9 Å². The molecular weight excluding hydrogens is 408 g/mol. The third kappa shape index (κ3) is 5.89. The minimum Gasteiger partial charge on any atom is -0.452 e. The highest BCUT2D eigenvalue weighted by atomic mass is 16.6. The Kier molecular flexibility index (Phi) is 9.29. The SMILES string of the molecule is C=CCC(CNCCC#N)c1ccc2c(c1)N(C(=O)OC(C)C=C)C[C@H](C)N2C(=O)OC. The summed E-state index contributed by atoms with van der Waals surface area (Å²) in [6.45, 7) is 12.6. The summed E-state index contributed by atoms with van der Waals surface area (Å²) in [4.78, 5) is 28.5. The van der Waals surface area contributed by atoms with Gasteiger partial charge in [0.2, 0.25) is 0 Å². The monoisotopic (exact) mass is 440 g/mol. The predicted octanol–water partition coefficient (Wildman–Crippen LogP) is 4.34. The molecule has 2 amide bonds. The number of nitrogens with one attached hydrogen (secondary N) is 1. The molecule has 0 saturated carbocycles. The molecule has 1 aromatic rings. The molecule has 32 heavy (non-hydrogen) atoms. The number of carbonyl (C=O) groups excluding carboxylic acids is 2. The number of hydrogen-bond donors (Lipinski definition) is 1. The summed E-state index contributed by atoms with van der Waals surface area (Å²) < 4.78 is 10.5. The largest absolute Gasteiger partial charge is 0.452 e. The molecule has 2 unspecified atom stereocenters. The van der Waals surface area contributed by atoms with Gasteiger partial charge >= 0.3 is 12.2 Å². The van der Waals surface area contributed by atoms with Gasteiger partial charge in [-0.25, -0.2) is 9.59 Å². The standard InChI is InChI=1S/C24H32N4O4/c1-6-9-20(15-26-13-8-12-25)19-10-11-21-22(14-19)27(23(29)32-18(4)7-2)16-17(3)28(21)24(30)31-5/h6-7,10-11,14,17-18,20,26H,1-2,8-9,13,15-16H2,3-5H3/t17-,18?,20?/m0/s1. The van der Waals surface area contributed by atoms with Crippen LogP contribution in [0.2, 0.25) is 0 Å². The van der Waals surface area contributed by atoms with E-state index in [1.54, 1.807) is 22.8 Å². The van der Waals surface area contributed by atoms with Crippen molar-refractivity contribution in [2.24, 2.45) is 0 Å². The second kappa shape index (κ2) is 11.9. The van der Waals surface area contributed by atoms with Crippen molar-refractivity contribution in [3.05, 3.63) is 49.1 Å². The lowest BCUT2D eigenvalue weighted by Gasteiger charge is -2.40. The lowest BCUT2D eigenvalue weighted by atomic mass is 9.93. The van der Waals surface area contributed by atoms with Crippen molar-refractivity contribution in [1.29, 1.82) is 5.26 Å². The van der Waals surface area contributed by atoms with Gasteiger partial charge in [-0.15, -0.1) is 6.58 Å².